The van der Waals surface area contributed by atoms with E-state index < -0.39 is 0 Å². The summed E-state index contributed by atoms with van der Waals surface area (Å²) < 4.78 is 4.19. The van der Waals surface area contributed by atoms with E-state index >= 15 is 0 Å². The van der Waals surface area contributed by atoms with Crippen LogP contribution < -0.4 is 0 Å². The summed E-state index contributed by atoms with van der Waals surface area (Å²) in [6.07, 6.45) is 11.0. The molecule has 0 saturated heterocycles. The highest BCUT2D eigenvalue weighted by Crippen LogP contribution is 2.34. The minimum Gasteiger partial charge on any atom is -0.329 e. The third kappa shape index (κ3) is 4.49. The molecule has 0 unspecified atom stereocenters. The summed E-state index contributed by atoms with van der Waals surface area (Å²) in [7, 11) is 4.12. The van der Waals surface area contributed by atoms with Crippen LogP contribution in [0.3, 0.4) is 0 Å². The second-order valence-corrected chi connectivity index (χ2v) is 8.79. The Morgan fingerprint density at radius 2 is 1.18 bits per heavy atom. The van der Waals surface area contributed by atoms with E-state index in [1.165, 1.54) is 27.8 Å². The molecule has 0 aliphatic rings. The van der Waals surface area contributed by atoms with E-state index in [0.717, 1.165) is 41.1 Å². The SMILES string of the molecule is CCc1cc(CC)c(CSc2nccn2C)c(CC)c1CSc1nccn1C. The van der Waals surface area contributed by atoms with Crippen LogP contribution in [-0.4, -0.2) is 19.1 Å². The zero-order valence-electron chi connectivity index (χ0n) is 17.5. The zero-order chi connectivity index (χ0) is 20.1. The lowest BCUT2D eigenvalue weighted by atomic mass is 9.89. The average molecular weight is 415 g/mol. The van der Waals surface area contributed by atoms with Gasteiger partial charge in [-0.2, -0.15) is 0 Å². The monoisotopic (exact) mass is 414 g/mol. The molecule has 2 heterocycles. The van der Waals surface area contributed by atoms with Gasteiger partial charge in [0.1, 0.15) is 0 Å². The van der Waals surface area contributed by atoms with E-state index in [9.17, 15) is 0 Å². The number of thioether (sulfide) groups is 2. The van der Waals surface area contributed by atoms with Gasteiger partial charge < -0.3 is 9.13 Å². The predicted octanol–water partition coefficient (Wildman–Crippen LogP) is 5.43. The standard InChI is InChI=1S/C22H30N4S2/c1-6-16-13-17(7-2)20(15-28-22-24-10-12-26(22)5)18(8-3)19(16)14-27-21-23-9-11-25(21)4/h9-13H,6-8,14-15H2,1-5H3. The zero-order valence-corrected chi connectivity index (χ0v) is 19.2. The molecule has 0 N–H and O–H groups in total. The van der Waals surface area contributed by atoms with Gasteiger partial charge in [-0.05, 0) is 47.1 Å². The van der Waals surface area contributed by atoms with E-state index in [-0.39, 0.29) is 0 Å². The van der Waals surface area contributed by atoms with Crippen LogP contribution >= 0.6 is 23.5 Å². The molecule has 0 spiro atoms. The van der Waals surface area contributed by atoms with Gasteiger partial charge in [0.15, 0.2) is 10.3 Å². The second-order valence-electron chi connectivity index (χ2n) is 6.91. The van der Waals surface area contributed by atoms with Gasteiger partial charge in [0.05, 0.1) is 0 Å². The van der Waals surface area contributed by atoms with Crippen molar-refractivity contribution in [2.45, 2.75) is 61.9 Å². The summed E-state index contributed by atoms with van der Waals surface area (Å²) >= 11 is 3.67. The van der Waals surface area contributed by atoms with E-state index in [2.05, 4.69) is 60.0 Å². The van der Waals surface area contributed by atoms with Gasteiger partial charge >= 0.3 is 0 Å². The number of rotatable bonds is 9. The van der Waals surface area contributed by atoms with E-state index in [4.69, 9.17) is 0 Å². The molecule has 0 amide bonds. The molecule has 0 aliphatic carbocycles. The highest BCUT2D eigenvalue weighted by molar-refractivity contribution is 7.98. The van der Waals surface area contributed by atoms with Crippen LogP contribution in [0, 0.1) is 0 Å². The van der Waals surface area contributed by atoms with Crippen LogP contribution in [-0.2, 0) is 44.9 Å². The lowest BCUT2D eigenvalue weighted by Gasteiger charge is -2.21. The van der Waals surface area contributed by atoms with Gasteiger partial charge in [-0.1, -0.05) is 50.4 Å². The topological polar surface area (TPSA) is 35.6 Å². The Labute approximate surface area is 177 Å². The van der Waals surface area contributed by atoms with E-state index in [1.807, 2.05) is 48.3 Å². The Kier molecular flexibility index (Phi) is 7.30. The van der Waals surface area contributed by atoms with Crippen molar-refractivity contribution in [1.29, 1.82) is 0 Å². The number of aromatic nitrogens is 4. The summed E-state index contributed by atoms with van der Waals surface area (Å²) in [5.41, 5.74) is 7.51. The molecule has 0 saturated carbocycles. The lowest BCUT2D eigenvalue weighted by Crippen LogP contribution is -2.07. The molecule has 6 heteroatoms. The van der Waals surface area contributed by atoms with Crippen LogP contribution in [0.2, 0.25) is 0 Å². The minimum atomic E-state index is 0.973. The molecule has 3 rings (SSSR count). The molecule has 150 valence electrons. The fourth-order valence-electron chi connectivity index (χ4n) is 3.63. The third-order valence-corrected chi connectivity index (χ3v) is 7.38. The number of aryl methyl sites for hydroxylation is 4. The second kappa shape index (κ2) is 9.70. The molecule has 0 radical (unpaired) electrons. The van der Waals surface area contributed by atoms with Crippen molar-refractivity contribution in [3.05, 3.63) is 58.7 Å². The number of nitrogens with zero attached hydrogens (tertiary/aromatic N) is 4. The lowest BCUT2D eigenvalue weighted by molar-refractivity contribution is 0.789. The summed E-state index contributed by atoms with van der Waals surface area (Å²) in [5.74, 6) is 1.95. The number of hydrogen-bond acceptors (Lipinski definition) is 4. The van der Waals surface area contributed by atoms with Crippen molar-refractivity contribution in [3.8, 4) is 0 Å². The van der Waals surface area contributed by atoms with Gasteiger partial charge in [-0.3, -0.25) is 0 Å². The molecule has 3 aromatic rings. The Morgan fingerprint density at radius 1 is 0.714 bits per heavy atom. The number of imidazole rings is 2. The molecule has 0 fully saturated rings. The van der Waals surface area contributed by atoms with Crippen molar-refractivity contribution in [3.63, 3.8) is 0 Å². The molecule has 0 aliphatic heterocycles. The Morgan fingerprint density at radius 3 is 1.50 bits per heavy atom. The third-order valence-electron chi connectivity index (χ3n) is 5.21. The van der Waals surface area contributed by atoms with Gasteiger partial charge in [0.2, 0.25) is 0 Å². The average Bonchev–Trinajstić information content (AvgIpc) is 3.31. The Bertz CT molecular complexity index is 856. The van der Waals surface area contributed by atoms with Crippen molar-refractivity contribution in [1.82, 2.24) is 19.1 Å². The fraction of sp³-hybridized carbons (Fsp3) is 0.455. The van der Waals surface area contributed by atoms with Crippen molar-refractivity contribution in [2.24, 2.45) is 14.1 Å². The first-order valence-electron chi connectivity index (χ1n) is 9.94. The summed E-state index contributed by atoms with van der Waals surface area (Å²) in [6, 6.07) is 2.45. The summed E-state index contributed by atoms with van der Waals surface area (Å²) in [5, 5.41) is 2.15. The first-order valence-corrected chi connectivity index (χ1v) is 11.9. The maximum atomic E-state index is 4.49. The van der Waals surface area contributed by atoms with Gasteiger partial charge in [0, 0.05) is 50.4 Å². The molecule has 28 heavy (non-hydrogen) atoms. The van der Waals surface area contributed by atoms with Gasteiger partial charge in [-0.25, -0.2) is 9.97 Å². The van der Waals surface area contributed by atoms with Crippen LogP contribution in [0.25, 0.3) is 0 Å². The van der Waals surface area contributed by atoms with Crippen molar-refractivity contribution >= 4 is 23.5 Å². The van der Waals surface area contributed by atoms with Crippen LogP contribution in [0.15, 0.2) is 41.2 Å². The van der Waals surface area contributed by atoms with E-state index in [0.29, 0.717) is 0 Å². The van der Waals surface area contributed by atoms with Crippen molar-refractivity contribution < 1.29 is 0 Å². The first kappa shape index (κ1) is 21.1. The van der Waals surface area contributed by atoms with E-state index in [1.54, 1.807) is 0 Å². The van der Waals surface area contributed by atoms with Crippen LogP contribution in [0.1, 0.15) is 48.6 Å². The number of benzene rings is 1. The molecule has 4 nitrogen and oxygen atoms in total. The normalized spacial score (nSPS) is 11.3. The fourth-order valence-corrected chi connectivity index (χ4v) is 5.69. The smallest absolute Gasteiger partial charge is 0.167 e. The van der Waals surface area contributed by atoms with Crippen molar-refractivity contribution in [2.75, 3.05) is 0 Å². The molecule has 0 bridgehead atoms. The first-order chi connectivity index (χ1) is 13.6. The minimum absolute atomic E-state index is 0.973. The summed E-state index contributed by atoms with van der Waals surface area (Å²) in [6.45, 7) is 6.83. The van der Waals surface area contributed by atoms with Crippen LogP contribution in [0.5, 0.6) is 0 Å². The quantitative estimate of drug-likeness (QED) is 0.438. The maximum absolute atomic E-state index is 4.49. The highest BCUT2D eigenvalue weighted by atomic mass is 32.2. The highest BCUT2D eigenvalue weighted by Gasteiger charge is 2.17. The summed E-state index contributed by atoms with van der Waals surface area (Å²) in [4.78, 5) is 8.98. The maximum Gasteiger partial charge on any atom is 0.167 e. The largest absolute Gasteiger partial charge is 0.329 e. The molecule has 2 aromatic heterocycles. The molecular weight excluding hydrogens is 384 g/mol. The molecular formula is C22H30N4S2. The number of hydrogen-bond donors (Lipinski definition) is 0. The molecule has 0 atom stereocenters. The predicted molar refractivity (Wildman–Crippen MR) is 120 cm³/mol. The van der Waals surface area contributed by atoms with Gasteiger partial charge in [0.25, 0.3) is 0 Å². The Hall–Kier alpha value is -1.66. The van der Waals surface area contributed by atoms with Gasteiger partial charge in [-0.15, -0.1) is 0 Å². The molecule has 1 aromatic carbocycles. The van der Waals surface area contributed by atoms with Crippen LogP contribution in [0.4, 0.5) is 0 Å². The Balaban J connectivity index is 1.94.